The lowest BCUT2D eigenvalue weighted by Crippen LogP contribution is -2.27. The number of halogens is 2. The van der Waals surface area contributed by atoms with Crippen LogP contribution in [-0.2, 0) is 17.9 Å². The summed E-state index contributed by atoms with van der Waals surface area (Å²) >= 11 is 16.5. The number of thiocarbonyl (C=S) groups is 1. The summed E-state index contributed by atoms with van der Waals surface area (Å²) in [5.74, 6) is -0.0811. The van der Waals surface area contributed by atoms with Crippen LogP contribution in [-0.4, -0.2) is 24.7 Å². The highest BCUT2D eigenvalue weighted by atomic mass is 79.9. The Kier molecular flexibility index (Phi) is 6.38. The molecule has 0 N–H and O–H groups in total. The van der Waals surface area contributed by atoms with Crippen LogP contribution in [0.5, 0.6) is 0 Å². The van der Waals surface area contributed by atoms with Crippen LogP contribution in [0.3, 0.4) is 0 Å². The first-order valence-electron chi connectivity index (χ1n) is 10.1. The van der Waals surface area contributed by atoms with E-state index in [0.29, 0.717) is 27.3 Å². The highest BCUT2D eigenvalue weighted by Crippen LogP contribution is 2.36. The first-order valence-corrected chi connectivity index (χ1v) is 12.5. The van der Waals surface area contributed by atoms with Crippen LogP contribution >= 0.6 is 51.5 Å². The number of thioether (sulfide) groups is 1. The van der Waals surface area contributed by atoms with E-state index in [9.17, 15) is 4.79 Å². The maximum absolute atomic E-state index is 13.2. The van der Waals surface area contributed by atoms with Gasteiger partial charge in [0, 0.05) is 51.1 Å². The summed E-state index contributed by atoms with van der Waals surface area (Å²) in [4.78, 5) is 19.5. The molecule has 0 saturated carbocycles. The topological polar surface area (TPSA) is 38.1 Å². The Morgan fingerprint density at radius 3 is 2.67 bits per heavy atom. The van der Waals surface area contributed by atoms with Crippen LogP contribution in [0, 0.1) is 0 Å². The van der Waals surface area contributed by atoms with Crippen molar-refractivity contribution in [2.24, 2.45) is 0 Å². The van der Waals surface area contributed by atoms with Crippen LogP contribution in [0.15, 0.2) is 82.6 Å². The van der Waals surface area contributed by atoms with Crippen molar-refractivity contribution in [2.75, 3.05) is 0 Å². The molecule has 1 amide bonds. The maximum Gasteiger partial charge on any atom is 0.266 e. The lowest BCUT2D eigenvalue weighted by atomic mass is 10.1. The first-order chi connectivity index (χ1) is 16.0. The van der Waals surface area contributed by atoms with Gasteiger partial charge in [-0.05, 0) is 53.6 Å². The van der Waals surface area contributed by atoms with Crippen LogP contribution in [0.4, 0.5) is 0 Å². The molecule has 1 fully saturated rings. The molecule has 2 aromatic heterocycles. The van der Waals surface area contributed by atoms with E-state index in [1.165, 1.54) is 11.8 Å². The molecule has 4 nitrogen and oxygen atoms in total. The van der Waals surface area contributed by atoms with Crippen molar-refractivity contribution in [3.05, 3.63) is 104 Å². The van der Waals surface area contributed by atoms with Gasteiger partial charge in [0.05, 0.1) is 11.4 Å². The van der Waals surface area contributed by atoms with Crippen LogP contribution in [0.1, 0.15) is 16.7 Å². The molecule has 5 rings (SSSR count). The number of amides is 1. The number of carbonyl (C=O) groups excluding carboxylic acids is 1. The Morgan fingerprint density at radius 2 is 1.91 bits per heavy atom. The quantitative estimate of drug-likeness (QED) is 0.199. The summed E-state index contributed by atoms with van der Waals surface area (Å²) in [7, 11) is 0. The molecular formula is C25H17BrClN3OS2. The number of hydrogen-bond acceptors (Lipinski definition) is 4. The molecule has 0 spiro atoms. The van der Waals surface area contributed by atoms with Crippen molar-refractivity contribution in [1.82, 2.24) is 14.5 Å². The van der Waals surface area contributed by atoms with Gasteiger partial charge in [0.2, 0.25) is 0 Å². The normalized spacial score (nSPS) is 15.2. The van der Waals surface area contributed by atoms with E-state index < -0.39 is 0 Å². The zero-order valence-electron chi connectivity index (χ0n) is 17.2. The lowest BCUT2D eigenvalue weighted by molar-refractivity contribution is -0.122. The number of pyridine rings is 1. The van der Waals surface area contributed by atoms with Gasteiger partial charge in [-0.2, -0.15) is 0 Å². The smallest absolute Gasteiger partial charge is 0.266 e. The Hall–Kier alpha value is -2.45. The molecule has 0 radical (unpaired) electrons. The molecule has 4 aromatic rings. The predicted molar refractivity (Wildman–Crippen MR) is 143 cm³/mol. The average molecular weight is 555 g/mol. The summed E-state index contributed by atoms with van der Waals surface area (Å²) in [6.07, 6.45) is 7.49. The first kappa shape index (κ1) is 22.3. The second-order valence-electron chi connectivity index (χ2n) is 7.63. The third-order valence-electron chi connectivity index (χ3n) is 5.36. The molecule has 33 heavy (non-hydrogen) atoms. The van der Waals surface area contributed by atoms with E-state index >= 15 is 0 Å². The highest BCUT2D eigenvalue weighted by molar-refractivity contribution is 9.10. The second kappa shape index (κ2) is 9.43. The highest BCUT2D eigenvalue weighted by Gasteiger charge is 2.32. The Labute approximate surface area is 214 Å². The zero-order chi connectivity index (χ0) is 22.9. The summed E-state index contributed by atoms with van der Waals surface area (Å²) in [5.41, 5.74) is 4.15. The van der Waals surface area contributed by atoms with E-state index in [1.54, 1.807) is 17.3 Å². The van der Waals surface area contributed by atoms with Gasteiger partial charge in [0.25, 0.3) is 5.91 Å². The summed E-state index contributed by atoms with van der Waals surface area (Å²) in [6, 6.07) is 17.8. The average Bonchev–Trinajstić information content (AvgIpc) is 3.27. The molecule has 1 aliphatic rings. The van der Waals surface area contributed by atoms with E-state index in [2.05, 4.69) is 43.8 Å². The minimum absolute atomic E-state index is 0.0811. The predicted octanol–water partition coefficient (Wildman–Crippen LogP) is 6.90. The van der Waals surface area contributed by atoms with Gasteiger partial charge in [-0.3, -0.25) is 14.7 Å². The zero-order valence-corrected chi connectivity index (χ0v) is 21.2. The fraction of sp³-hybridized carbons (Fsp3) is 0.0800. The molecule has 8 heteroatoms. The van der Waals surface area contributed by atoms with Crippen LogP contribution < -0.4 is 0 Å². The lowest BCUT2D eigenvalue weighted by Gasteiger charge is -2.13. The summed E-state index contributed by atoms with van der Waals surface area (Å²) in [6.45, 7) is 1.12. The van der Waals surface area contributed by atoms with Crippen molar-refractivity contribution >= 4 is 78.7 Å². The number of nitrogens with zero attached hydrogens (tertiary/aromatic N) is 3. The molecule has 0 bridgehead atoms. The Morgan fingerprint density at radius 1 is 1.09 bits per heavy atom. The van der Waals surface area contributed by atoms with Crippen molar-refractivity contribution in [3.8, 4) is 0 Å². The molecule has 0 aliphatic carbocycles. The van der Waals surface area contributed by atoms with Gasteiger partial charge in [-0.25, -0.2) is 0 Å². The molecule has 2 aromatic carbocycles. The van der Waals surface area contributed by atoms with Crippen molar-refractivity contribution < 1.29 is 4.79 Å². The molecular weight excluding hydrogens is 538 g/mol. The minimum atomic E-state index is -0.0811. The van der Waals surface area contributed by atoms with Gasteiger partial charge in [0.1, 0.15) is 4.32 Å². The Balaban J connectivity index is 1.49. The largest absolute Gasteiger partial charge is 0.342 e. The van der Waals surface area contributed by atoms with Crippen molar-refractivity contribution in [3.63, 3.8) is 0 Å². The molecule has 0 atom stereocenters. The number of aromatic nitrogens is 2. The fourth-order valence-electron chi connectivity index (χ4n) is 3.78. The number of fused-ring (bicyclic) bond motifs is 1. The molecule has 3 heterocycles. The molecule has 1 aliphatic heterocycles. The second-order valence-corrected chi connectivity index (χ2v) is 10.7. The fourth-order valence-corrected chi connectivity index (χ4v) is 5.51. The van der Waals surface area contributed by atoms with Gasteiger partial charge in [-0.1, -0.05) is 69.7 Å². The van der Waals surface area contributed by atoms with Crippen LogP contribution in [0.25, 0.3) is 17.0 Å². The van der Waals surface area contributed by atoms with Gasteiger partial charge < -0.3 is 4.57 Å². The summed E-state index contributed by atoms with van der Waals surface area (Å²) < 4.78 is 3.73. The van der Waals surface area contributed by atoms with Crippen LogP contribution in [0.2, 0.25) is 5.02 Å². The number of carbonyl (C=O) groups is 1. The summed E-state index contributed by atoms with van der Waals surface area (Å²) in [5, 5.41) is 1.78. The van der Waals surface area contributed by atoms with Crippen molar-refractivity contribution in [2.45, 2.75) is 13.1 Å². The molecule has 1 saturated heterocycles. The standard InChI is InChI=1S/C25H17BrClN3OS2/c26-19-5-8-22-21(11-19)18(15-29(22)13-16-3-6-20(27)7-4-16)10-23-24(31)30(25(32)33-23)14-17-2-1-9-28-12-17/h1-12,15H,13-14H2/b23-10-. The van der Waals surface area contributed by atoms with E-state index in [-0.39, 0.29) is 5.91 Å². The third kappa shape index (κ3) is 4.77. The van der Waals surface area contributed by atoms with E-state index in [0.717, 1.165) is 32.1 Å². The SMILES string of the molecule is O=C1/C(=C/c2cn(Cc3ccc(Cl)cc3)c3ccc(Br)cc23)SC(=S)N1Cc1cccnc1. The maximum atomic E-state index is 13.2. The molecule has 0 unspecified atom stereocenters. The van der Waals surface area contributed by atoms with Crippen molar-refractivity contribution in [1.29, 1.82) is 0 Å². The van der Waals surface area contributed by atoms with Gasteiger partial charge in [-0.15, -0.1) is 0 Å². The molecule has 164 valence electrons. The Bertz CT molecular complexity index is 1400. The number of rotatable bonds is 5. The van der Waals surface area contributed by atoms with E-state index in [4.69, 9.17) is 23.8 Å². The van der Waals surface area contributed by atoms with E-state index in [1.807, 2.05) is 48.5 Å². The third-order valence-corrected chi connectivity index (χ3v) is 7.49. The monoisotopic (exact) mass is 553 g/mol. The number of benzene rings is 2. The number of hydrogen-bond donors (Lipinski definition) is 0. The minimum Gasteiger partial charge on any atom is -0.342 e. The van der Waals surface area contributed by atoms with Gasteiger partial charge in [0.15, 0.2) is 0 Å². The van der Waals surface area contributed by atoms with Gasteiger partial charge >= 0.3 is 0 Å².